The first-order valence-electron chi connectivity index (χ1n) is 3.01. The SMILES string of the molecule is F/C(=C\Br)Oc1ccccc1. The van der Waals surface area contributed by atoms with Crippen molar-refractivity contribution < 1.29 is 9.13 Å². The molecule has 0 heterocycles. The van der Waals surface area contributed by atoms with E-state index in [9.17, 15) is 4.39 Å². The maximum Gasteiger partial charge on any atom is 0.285 e. The van der Waals surface area contributed by atoms with Crippen LogP contribution in [-0.4, -0.2) is 0 Å². The van der Waals surface area contributed by atoms with Crippen molar-refractivity contribution in [1.82, 2.24) is 0 Å². The summed E-state index contributed by atoms with van der Waals surface area (Å²) in [5, 5.41) is 0. The van der Waals surface area contributed by atoms with E-state index in [1.54, 1.807) is 24.3 Å². The van der Waals surface area contributed by atoms with Gasteiger partial charge in [-0.3, -0.25) is 0 Å². The summed E-state index contributed by atoms with van der Waals surface area (Å²) >= 11 is 2.81. The lowest BCUT2D eigenvalue weighted by Gasteiger charge is -1.99. The fraction of sp³-hybridized carbons (Fsp3) is 0. The summed E-state index contributed by atoms with van der Waals surface area (Å²) in [5.74, 6) is 0.487. The fourth-order valence-corrected chi connectivity index (χ4v) is 0.717. The average Bonchev–Trinajstić information content (AvgIpc) is 2.06. The number of ether oxygens (including phenoxy) is 1. The highest BCUT2D eigenvalue weighted by atomic mass is 79.9. The number of para-hydroxylation sites is 1. The van der Waals surface area contributed by atoms with Crippen LogP contribution in [0.5, 0.6) is 5.75 Å². The Morgan fingerprint density at radius 1 is 1.36 bits per heavy atom. The third-order valence-electron chi connectivity index (χ3n) is 1.04. The first-order chi connectivity index (χ1) is 5.33. The topological polar surface area (TPSA) is 9.23 Å². The molecule has 0 fully saturated rings. The first-order valence-corrected chi connectivity index (χ1v) is 3.93. The van der Waals surface area contributed by atoms with Crippen molar-refractivity contribution in [2.45, 2.75) is 0 Å². The molecule has 0 saturated heterocycles. The van der Waals surface area contributed by atoms with E-state index in [2.05, 4.69) is 15.9 Å². The maximum absolute atomic E-state index is 12.4. The minimum atomic E-state index is -0.656. The van der Waals surface area contributed by atoms with E-state index in [0.29, 0.717) is 5.75 Å². The first kappa shape index (κ1) is 8.27. The highest BCUT2D eigenvalue weighted by Crippen LogP contribution is 2.13. The van der Waals surface area contributed by atoms with Gasteiger partial charge in [0.2, 0.25) is 0 Å². The largest absolute Gasteiger partial charge is 0.431 e. The van der Waals surface area contributed by atoms with E-state index in [-0.39, 0.29) is 0 Å². The van der Waals surface area contributed by atoms with Crippen molar-refractivity contribution in [2.24, 2.45) is 0 Å². The van der Waals surface area contributed by atoms with Crippen molar-refractivity contribution >= 4 is 15.9 Å². The van der Waals surface area contributed by atoms with Crippen LogP contribution >= 0.6 is 15.9 Å². The molecule has 58 valence electrons. The molecule has 0 atom stereocenters. The van der Waals surface area contributed by atoms with E-state index >= 15 is 0 Å². The monoisotopic (exact) mass is 216 g/mol. The van der Waals surface area contributed by atoms with Gasteiger partial charge in [0.25, 0.3) is 6.01 Å². The Bertz CT molecular complexity index is 246. The van der Waals surface area contributed by atoms with Gasteiger partial charge in [0.15, 0.2) is 0 Å². The summed E-state index contributed by atoms with van der Waals surface area (Å²) in [4.78, 5) is 1.08. The van der Waals surface area contributed by atoms with Crippen molar-refractivity contribution in [2.75, 3.05) is 0 Å². The molecule has 0 aliphatic rings. The number of halogens is 2. The molecule has 0 spiro atoms. The zero-order valence-electron chi connectivity index (χ0n) is 5.63. The van der Waals surface area contributed by atoms with Crippen LogP contribution in [0, 0.1) is 0 Å². The normalized spacial score (nSPS) is 11.3. The van der Waals surface area contributed by atoms with Gasteiger partial charge in [-0.1, -0.05) is 34.1 Å². The summed E-state index contributed by atoms with van der Waals surface area (Å²) in [7, 11) is 0. The second kappa shape index (κ2) is 4.13. The van der Waals surface area contributed by atoms with Gasteiger partial charge in [-0.25, -0.2) is 0 Å². The molecular weight excluding hydrogens is 211 g/mol. The Morgan fingerprint density at radius 3 is 2.55 bits per heavy atom. The summed E-state index contributed by atoms with van der Waals surface area (Å²) in [6, 6.07) is 8.08. The number of hydrogen-bond acceptors (Lipinski definition) is 1. The van der Waals surface area contributed by atoms with Crippen LogP contribution < -0.4 is 4.74 Å². The molecule has 3 heteroatoms. The van der Waals surface area contributed by atoms with Gasteiger partial charge in [-0.2, -0.15) is 4.39 Å². The zero-order valence-corrected chi connectivity index (χ0v) is 7.21. The minimum Gasteiger partial charge on any atom is -0.431 e. The number of rotatable bonds is 2. The van der Waals surface area contributed by atoms with E-state index in [4.69, 9.17) is 4.74 Å². The lowest BCUT2D eigenvalue weighted by atomic mass is 10.3. The van der Waals surface area contributed by atoms with E-state index in [1.165, 1.54) is 0 Å². The molecule has 0 bridgehead atoms. The molecule has 0 aromatic heterocycles. The summed E-state index contributed by atoms with van der Waals surface area (Å²) in [6.45, 7) is 0. The fourth-order valence-electron chi connectivity index (χ4n) is 0.623. The maximum atomic E-state index is 12.4. The molecule has 0 unspecified atom stereocenters. The highest BCUT2D eigenvalue weighted by molar-refractivity contribution is 9.11. The molecule has 0 saturated carbocycles. The minimum absolute atomic E-state index is 0.487. The molecule has 1 nitrogen and oxygen atoms in total. The summed E-state index contributed by atoms with van der Waals surface area (Å²) < 4.78 is 17.1. The average molecular weight is 217 g/mol. The van der Waals surface area contributed by atoms with Crippen molar-refractivity contribution in [1.29, 1.82) is 0 Å². The molecule has 1 rings (SSSR count). The molecule has 0 aliphatic heterocycles. The van der Waals surface area contributed by atoms with E-state index < -0.39 is 6.01 Å². The Morgan fingerprint density at radius 2 is 2.00 bits per heavy atom. The van der Waals surface area contributed by atoms with Crippen molar-refractivity contribution in [3.8, 4) is 5.75 Å². The van der Waals surface area contributed by atoms with Crippen LogP contribution in [0.3, 0.4) is 0 Å². The second-order valence-electron chi connectivity index (χ2n) is 1.83. The lowest BCUT2D eigenvalue weighted by molar-refractivity contribution is 0.304. The zero-order chi connectivity index (χ0) is 8.10. The van der Waals surface area contributed by atoms with Gasteiger partial charge in [-0.05, 0) is 12.1 Å². The Hall–Kier alpha value is -0.830. The van der Waals surface area contributed by atoms with Gasteiger partial charge in [0.1, 0.15) is 5.75 Å². The lowest BCUT2D eigenvalue weighted by Crippen LogP contribution is -1.86. The van der Waals surface area contributed by atoms with E-state index in [0.717, 1.165) is 4.99 Å². The van der Waals surface area contributed by atoms with Gasteiger partial charge in [-0.15, -0.1) is 0 Å². The quantitative estimate of drug-likeness (QED) is 0.691. The van der Waals surface area contributed by atoms with Crippen molar-refractivity contribution in [3.05, 3.63) is 41.3 Å². The Kier molecular flexibility index (Phi) is 3.11. The van der Waals surface area contributed by atoms with Gasteiger partial charge >= 0.3 is 0 Å². The van der Waals surface area contributed by atoms with Crippen molar-refractivity contribution in [3.63, 3.8) is 0 Å². The molecule has 0 aliphatic carbocycles. The second-order valence-corrected chi connectivity index (χ2v) is 2.29. The standard InChI is InChI=1S/C8H6BrFO/c9-6-8(10)11-7-4-2-1-3-5-7/h1-6H/b8-6+. The van der Waals surface area contributed by atoms with Crippen LogP contribution in [0.4, 0.5) is 4.39 Å². The molecule has 0 amide bonds. The number of benzene rings is 1. The smallest absolute Gasteiger partial charge is 0.285 e. The van der Waals surface area contributed by atoms with Gasteiger partial charge < -0.3 is 4.74 Å². The van der Waals surface area contributed by atoms with Gasteiger partial charge in [0, 0.05) is 0 Å². The third-order valence-corrected chi connectivity index (χ3v) is 1.40. The molecule has 1 aromatic carbocycles. The van der Waals surface area contributed by atoms with E-state index in [1.807, 2.05) is 6.07 Å². The highest BCUT2D eigenvalue weighted by Gasteiger charge is 1.94. The summed E-state index contributed by atoms with van der Waals surface area (Å²) in [5.41, 5.74) is 0. The molecule has 11 heavy (non-hydrogen) atoms. The number of hydrogen-bond donors (Lipinski definition) is 0. The Labute approximate surface area is 72.6 Å². The third kappa shape index (κ3) is 2.72. The van der Waals surface area contributed by atoms with Gasteiger partial charge in [0.05, 0.1) is 4.99 Å². The van der Waals surface area contributed by atoms with Crippen LogP contribution in [-0.2, 0) is 0 Å². The summed E-state index contributed by atoms with van der Waals surface area (Å²) in [6.07, 6.45) is 0. The predicted octanol–water partition coefficient (Wildman–Crippen LogP) is 3.23. The molecule has 0 N–H and O–H groups in total. The molecule has 1 aromatic rings. The van der Waals surface area contributed by atoms with Crippen LogP contribution in [0.1, 0.15) is 0 Å². The van der Waals surface area contributed by atoms with Crippen LogP contribution in [0.2, 0.25) is 0 Å². The predicted molar refractivity (Wildman–Crippen MR) is 45.2 cm³/mol. The van der Waals surface area contributed by atoms with Crippen LogP contribution in [0.15, 0.2) is 41.3 Å². The van der Waals surface area contributed by atoms with Crippen LogP contribution in [0.25, 0.3) is 0 Å². The molecular formula is C8H6BrFO. The Balaban J connectivity index is 2.65. The molecule has 0 radical (unpaired) electrons.